The largest absolute Gasteiger partial charge is 0.370 e. The number of rotatable bonds is 4. The number of aromatic nitrogens is 2. The van der Waals surface area contributed by atoms with Crippen molar-refractivity contribution >= 4 is 16.7 Å². The summed E-state index contributed by atoms with van der Waals surface area (Å²) in [5.41, 5.74) is 0.155. The summed E-state index contributed by atoms with van der Waals surface area (Å²) in [6, 6.07) is 0. The van der Waals surface area contributed by atoms with Crippen molar-refractivity contribution in [1.29, 1.82) is 0 Å². The molecule has 4 nitrogen and oxygen atoms in total. The van der Waals surface area contributed by atoms with Crippen molar-refractivity contribution in [2.24, 2.45) is 5.41 Å². The van der Waals surface area contributed by atoms with Gasteiger partial charge in [0, 0.05) is 25.2 Å². The summed E-state index contributed by atoms with van der Waals surface area (Å²) in [6.07, 6.45) is 4.35. The number of hydrogen-bond donors (Lipinski definition) is 1. The van der Waals surface area contributed by atoms with Crippen LogP contribution in [0.25, 0.3) is 0 Å². The number of nitrogens with one attached hydrogen (secondary N) is 1. The van der Waals surface area contributed by atoms with Gasteiger partial charge in [-0.05, 0) is 38.0 Å². The number of methoxy groups -OCH3 is 1. The van der Waals surface area contributed by atoms with Gasteiger partial charge >= 0.3 is 0 Å². The second-order valence-corrected chi connectivity index (χ2v) is 6.57. The summed E-state index contributed by atoms with van der Waals surface area (Å²) in [5.74, 6) is 0.862. The minimum Gasteiger partial charge on any atom is -0.370 e. The fraction of sp³-hybridized carbons (Fsp3) is 0.846. The van der Waals surface area contributed by atoms with Gasteiger partial charge in [-0.25, -0.2) is 4.98 Å². The first-order chi connectivity index (χ1) is 8.51. The molecule has 5 heteroatoms. The van der Waals surface area contributed by atoms with Crippen LogP contribution in [0.15, 0.2) is 0 Å². The van der Waals surface area contributed by atoms with Crippen molar-refractivity contribution in [3.8, 4) is 0 Å². The Morgan fingerprint density at radius 3 is 2.50 bits per heavy atom. The van der Waals surface area contributed by atoms with Crippen molar-refractivity contribution in [1.82, 2.24) is 9.36 Å². The fourth-order valence-corrected chi connectivity index (χ4v) is 3.20. The van der Waals surface area contributed by atoms with Crippen molar-refractivity contribution in [3.63, 3.8) is 0 Å². The molecule has 1 aliphatic rings. The molecule has 0 radical (unpaired) electrons. The molecule has 1 N–H and O–H groups in total. The molecule has 1 aliphatic carbocycles. The Hall–Kier alpha value is -0.680. The Morgan fingerprint density at radius 2 is 1.94 bits per heavy atom. The van der Waals surface area contributed by atoms with E-state index in [-0.39, 0.29) is 5.60 Å². The zero-order valence-electron chi connectivity index (χ0n) is 11.7. The molecule has 1 fully saturated rings. The predicted octanol–water partition coefficient (Wildman–Crippen LogP) is 3.41. The molecule has 0 unspecified atom stereocenters. The van der Waals surface area contributed by atoms with Crippen molar-refractivity contribution in [2.45, 2.75) is 52.1 Å². The molecule has 1 aromatic rings. The summed E-state index contributed by atoms with van der Waals surface area (Å²) < 4.78 is 10.3. The Balaban J connectivity index is 2.17. The molecule has 0 amide bonds. The molecule has 1 aromatic heterocycles. The van der Waals surface area contributed by atoms with Gasteiger partial charge in [-0.15, -0.1) is 0 Å². The van der Waals surface area contributed by atoms with E-state index in [1.54, 1.807) is 7.11 Å². The lowest BCUT2D eigenvalue weighted by molar-refractivity contribution is -0.0720. The summed E-state index contributed by atoms with van der Waals surface area (Å²) in [4.78, 5) is 4.59. The lowest BCUT2D eigenvalue weighted by atomic mass is 9.70. The molecule has 0 spiro atoms. The average Bonchev–Trinajstić information content (AvgIpc) is 2.80. The minimum absolute atomic E-state index is 0.264. The molecule has 2 rings (SSSR count). The minimum atomic E-state index is -0.264. The average molecular weight is 269 g/mol. The normalized spacial score (nSPS) is 21.8. The van der Waals surface area contributed by atoms with Crippen LogP contribution in [0.3, 0.4) is 0 Å². The van der Waals surface area contributed by atoms with Crippen LogP contribution >= 0.6 is 11.5 Å². The number of ether oxygens (including phenoxy) is 1. The number of nitrogens with zero attached hydrogens (tertiary/aromatic N) is 2. The van der Waals surface area contributed by atoms with Crippen molar-refractivity contribution in [3.05, 3.63) is 5.82 Å². The predicted molar refractivity (Wildman–Crippen MR) is 75.0 cm³/mol. The van der Waals surface area contributed by atoms with Gasteiger partial charge in [0.15, 0.2) is 5.82 Å². The molecule has 0 bridgehead atoms. The molecule has 102 valence electrons. The Labute approximate surface area is 113 Å². The third-order valence-corrected chi connectivity index (χ3v) is 4.64. The van der Waals surface area contributed by atoms with E-state index in [1.165, 1.54) is 11.5 Å². The number of anilines is 1. The topological polar surface area (TPSA) is 47.0 Å². The summed E-state index contributed by atoms with van der Waals surface area (Å²) in [7, 11) is 1.78. The van der Waals surface area contributed by atoms with Crippen LogP contribution in [0.2, 0.25) is 0 Å². The van der Waals surface area contributed by atoms with E-state index in [0.717, 1.165) is 43.2 Å². The first-order valence-electron chi connectivity index (χ1n) is 6.64. The molecule has 0 aliphatic heterocycles. The van der Waals surface area contributed by atoms with Crippen LogP contribution in [-0.4, -0.2) is 23.0 Å². The molecule has 1 saturated carbocycles. The van der Waals surface area contributed by atoms with E-state index in [2.05, 4.69) is 35.4 Å². The Morgan fingerprint density at radius 1 is 1.28 bits per heavy atom. The molecule has 0 saturated heterocycles. The van der Waals surface area contributed by atoms with Crippen LogP contribution < -0.4 is 5.32 Å². The van der Waals surface area contributed by atoms with Gasteiger partial charge in [-0.2, -0.15) is 4.37 Å². The lowest BCUT2D eigenvalue weighted by Gasteiger charge is -2.40. The maximum Gasteiger partial charge on any atom is 0.202 e. The molecular weight excluding hydrogens is 246 g/mol. The third kappa shape index (κ3) is 2.67. The smallest absolute Gasteiger partial charge is 0.202 e. The fourth-order valence-electron chi connectivity index (χ4n) is 2.48. The highest BCUT2D eigenvalue weighted by molar-refractivity contribution is 7.09. The lowest BCUT2D eigenvalue weighted by Crippen LogP contribution is -2.37. The Bertz CT molecular complexity index is 393. The highest BCUT2D eigenvalue weighted by Crippen LogP contribution is 2.46. The molecule has 18 heavy (non-hydrogen) atoms. The van der Waals surface area contributed by atoms with Crippen molar-refractivity contribution < 1.29 is 4.74 Å². The van der Waals surface area contributed by atoms with E-state index in [4.69, 9.17) is 4.74 Å². The van der Waals surface area contributed by atoms with Gasteiger partial charge in [0.05, 0.1) is 0 Å². The van der Waals surface area contributed by atoms with E-state index in [0.29, 0.717) is 5.41 Å². The maximum absolute atomic E-state index is 5.80. The summed E-state index contributed by atoms with van der Waals surface area (Å²) >= 11 is 1.43. The zero-order chi connectivity index (χ0) is 13.2. The van der Waals surface area contributed by atoms with Gasteiger partial charge in [0.25, 0.3) is 0 Å². The zero-order valence-corrected chi connectivity index (χ0v) is 12.6. The van der Waals surface area contributed by atoms with Crippen LogP contribution in [0, 0.1) is 5.41 Å². The first-order valence-corrected chi connectivity index (χ1v) is 7.42. The standard InChI is InChI=1S/C13H23N3OS/c1-5-14-11-15-10(16-18-11)13(17-4)8-6-12(2,3)7-9-13/h5-9H2,1-4H3,(H,14,15,16). The van der Waals surface area contributed by atoms with Gasteiger partial charge in [-0.3, -0.25) is 0 Å². The van der Waals surface area contributed by atoms with E-state index >= 15 is 0 Å². The van der Waals surface area contributed by atoms with Crippen molar-refractivity contribution in [2.75, 3.05) is 19.0 Å². The Kier molecular flexibility index (Phi) is 3.92. The maximum atomic E-state index is 5.80. The van der Waals surface area contributed by atoms with Gasteiger partial charge < -0.3 is 10.1 Å². The van der Waals surface area contributed by atoms with Gasteiger partial charge in [-0.1, -0.05) is 13.8 Å². The highest BCUT2D eigenvalue weighted by Gasteiger charge is 2.42. The van der Waals surface area contributed by atoms with Gasteiger partial charge in [0.1, 0.15) is 5.60 Å². The second-order valence-electron chi connectivity index (χ2n) is 5.82. The third-order valence-electron chi connectivity index (χ3n) is 3.96. The molecule has 0 atom stereocenters. The monoisotopic (exact) mass is 269 g/mol. The highest BCUT2D eigenvalue weighted by atomic mass is 32.1. The molecule has 1 heterocycles. The SMILES string of the molecule is CCNc1nc(C2(OC)CCC(C)(C)CC2)ns1. The van der Waals surface area contributed by atoms with E-state index in [1.807, 2.05) is 0 Å². The van der Waals surface area contributed by atoms with Crippen LogP contribution in [-0.2, 0) is 10.3 Å². The first kappa shape index (κ1) is 13.7. The molecule has 0 aromatic carbocycles. The van der Waals surface area contributed by atoms with Crippen LogP contribution in [0.1, 0.15) is 52.3 Å². The van der Waals surface area contributed by atoms with Crippen LogP contribution in [0.5, 0.6) is 0 Å². The molecular formula is C13H23N3OS. The summed E-state index contributed by atoms with van der Waals surface area (Å²) in [6.45, 7) is 7.59. The second kappa shape index (κ2) is 5.13. The van der Waals surface area contributed by atoms with E-state index < -0.39 is 0 Å². The van der Waals surface area contributed by atoms with Crippen LogP contribution in [0.4, 0.5) is 5.13 Å². The quantitative estimate of drug-likeness (QED) is 0.910. The summed E-state index contributed by atoms with van der Waals surface area (Å²) in [5, 5.41) is 4.11. The van der Waals surface area contributed by atoms with Gasteiger partial charge in [0.2, 0.25) is 5.13 Å². The van der Waals surface area contributed by atoms with E-state index in [9.17, 15) is 0 Å². The number of hydrogen-bond acceptors (Lipinski definition) is 5.